The van der Waals surface area contributed by atoms with E-state index in [0.717, 1.165) is 30.5 Å². The van der Waals surface area contributed by atoms with Crippen molar-refractivity contribution in [3.63, 3.8) is 0 Å². The lowest BCUT2D eigenvalue weighted by Gasteiger charge is -2.34. The van der Waals surface area contributed by atoms with Crippen molar-refractivity contribution in [2.45, 2.75) is 64.5 Å². The molecule has 1 fully saturated rings. The van der Waals surface area contributed by atoms with Crippen LogP contribution in [-0.4, -0.2) is 35.0 Å². The first-order valence-electron chi connectivity index (χ1n) is 9.88. The molecule has 6 nitrogen and oxygen atoms in total. The van der Waals surface area contributed by atoms with Crippen LogP contribution >= 0.6 is 0 Å². The largest absolute Gasteiger partial charge is 0.480 e. The third kappa shape index (κ3) is 3.84. The van der Waals surface area contributed by atoms with Gasteiger partial charge in [0, 0.05) is 17.6 Å². The first-order chi connectivity index (χ1) is 12.9. The maximum Gasteiger partial charge on any atom is 0.326 e. The molecule has 0 saturated heterocycles. The zero-order valence-corrected chi connectivity index (χ0v) is 16.0. The van der Waals surface area contributed by atoms with Crippen LogP contribution in [0.4, 0.5) is 5.69 Å². The van der Waals surface area contributed by atoms with Gasteiger partial charge in [0.25, 0.3) is 0 Å². The van der Waals surface area contributed by atoms with Gasteiger partial charge in [-0.25, -0.2) is 4.79 Å². The highest BCUT2D eigenvalue weighted by molar-refractivity contribution is 6.00. The minimum absolute atomic E-state index is 0.00401. The van der Waals surface area contributed by atoms with Gasteiger partial charge >= 0.3 is 5.97 Å². The summed E-state index contributed by atoms with van der Waals surface area (Å²) in [7, 11) is 0. The molecular formula is C21H28N2O4. The van der Waals surface area contributed by atoms with Gasteiger partial charge in [-0.05, 0) is 44.2 Å². The van der Waals surface area contributed by atoms with Gasteiger partial charge in [-0.15, -0.1) is 0 Å². The first-order valence-corrected chi connectivity index (χ1v) is 9.88. The molecule has 0 radical (unpaired) electrons. The summed E-state index contributed by atoms with van der Waals surface area (Å²) in [5.41, 5.74) is 2.10. The molecule has 1 aromatic rings. The van der Waals surface area contributed by atoms with Crippen LogP contribution in [0.25, 0.3) is 0 Å². The van der Waals surface area contributed by atoms with Crippen LogP contribution in [0, 0.1) is 11.8 Å². The number of nitrogens with one attached hydrogen (secondary N) is 1. The Morgan fingerprint density at radius 1 is 1.19 bits per heavy atom. The van der Waals surface area contributed by atoms with Crippen molar-refractivity contribution < 1.29 is 19.5 Å². The molecule has 3 rings (SSSR count). The number of carbonyl (C=O) groups excluding carboxylic acids is 2. The number of hydrogen-bond donors (Lipinski definition) is 2. The summed E-state index contributed by atoms with van der Waals surface area (Å²) in [5.74, 6) is -2.19. The summed E-state index contributed by atoms with van der Waals surface area (Å²) in [5, 5.41) is 11.9. The summed E-state index contributed by atoms with van der Waals surface area (Å²) in [6.07, 6.45) is 4.25. The number of aliphatic carboxylic acids is 1. The number of amides is 2. The van der Waals surface area contributed by atoms with E-state index in [1.807, 2.05) is 36.1 Å². The third-order valence-electron chi connectivity index (χ3n) is 5.89. The summed E-state index contributed by atoms with van der Waals surface area (Å²) >= 11 is 0. The smallest absolute Gasteiger partial charge is 0.326 e. The van der Waals surface area contributed by atoms with Gasteiger partial charge in [0.05, 0.1) is 5.92 Å². The van der Waals surface area contributed by atoms with E-state index in [-0.39, 0.29) is 17.9 Å². The predicted octanol–water partition coefficient (Wildman–Crippen LogP) is 2.75. The minimum Gasteiger partial charge on any atom is -0.480 e. The topological polar surface area (TPSA) is 86.7 Å². The predicted molar refractivity (Wildman–Crippen MR) is 102 cm³/mol. The summed E-state index contributed by atoms with van der Waals surface area (Å²) < 4.78 is 0. The van der Waals surface area contributed by atoms with Gasteiger partial charge < -0.3 is 15.3 Å². The molecule has 0 spiro atoms. The van der Waals surface area contributed by atoms with Crippen molar-refractivity contribution >= 4 is 23.5 Å². The lowest BCUT2D eigenvalue weighted by Crippen LogP contribution is -2.50. The summed E-state index contributed by atoms with van der Waals surface area (Å²) in [6, 6.07) is 7.09. The molecule has 0 aromatic heterocycles. The fourth-order valence-corrected chi connectivity index (χ4v) is 4.44. The van der Waals surface area contributed by atoms with E-state index >= 15 is 0 Å². The van der Waals surface area contributed by atoms with Crippen LogP contribution in [0.2, 0.25) is 0 Å². The van der Waals surface area contributed by atoms with Gasteiger partial charge in [0.15, 0.2) is 0 Å². The summed E-state index contributed by atoms with van der Waals surface area (Å²) in [4.78, 5) is 39.3. The van der Waals surface area contributed by atoms with E-state index in [1.165, 1.54) is 0 Å². The number of para-hydroxylation sites is 1. The van der Waals surface area contributed by atoms with Crippen LogP contribution in [0.3, 0.4) is 0 Å². The van der Waals surface area contributed by atoms with E-state index in [0.29, 0.717) is 19.3 Å². The maximum atomic E-state index is 13.4. The molecule has 1 heterocycles. The number of nitrogens with zero attached hydrogens (tertiary/aromatic N) is 1. The molecule has 1 saturated carbocycles. The van der Waals surface area contributed by atoms with E-state index in [2.05, 4.69) is 5.32 Å². The number of benzene rings is 1. The van der Waals surface area contributed by atoms with Gasteiger partial charge in [0.2, 0.25) is 11.8 Å². The normalized spacial score (nSPS) is 25.6. The van der Waals surface area contributed by atoms with E-state index in [4.69, 9.17) is 0 Å². The molecule has 1 aliphatic heterocycles. The van der Waals surface area contributed by atoms with Crippen molar-refractivity contribution in [2.24, 2.45) is 11.8 Å². The molecule has 2 amide bonds. The highest BCUT2D eigenvalue weighted by Crippen LogP contribution is 2.38. The Morgan fingerprint density at radius 2 is 1.85 bits per heavy atom. The Balaban J connectivity index is 1.80. The molecular weight excluding hydrogens is 344 g/mol. The SMILES string of the molecule is CCC(NC(=O)C1CCCCC1C(=O)N1c2ccccc2CC1C)C(=O)O. The van der Waals surface area contributed by atoms with Gasteiger partial charge in [-0.2, -0.15) is 0 Å². The highest BCUT2D eigenvalue weighted by atomic mass is 16.4. The lowest BCUT2D eigenvalue weighted by molar-refractivity contribution is -0.143. The first kappa shape index (κ1) is 19.4. The molecule has 0 bridgehead atoms. The molecule has 146 valence electrons. The van der Waals surface area contributed by atoms with E-state index < -0.39 is 23.8 Å². The number of hydrogen-bond acceptors (Lipinski definition) is 3. The van der Waals surface area contributed by atoms with E-state index in [1.54, 1.807) is 6.92 Å². The molecule has 6 heteroatoms. The van der Waals surface area contributed by atoms with Crippen molar-refractivity contribution in [3.05, 3.63) is 29.8 Å². The van der Waals surface area contributed by atoms with Crippen molar-refractivity contribution in [2.75, 3.05) is 4.90 Å². The van der Waals surface area contributed by atoms with Gasteiger partial charge in [0.1, 0.15) is 6.04 Å². The molecule has 4 unspecified atom stereocenters. The van der Waals surface area contributed by atoms with Crippen LogP contribution < -0.4 is 10.2 Å². The third-order valence-corrected chi connectivity index (χ3v) is 5.89. The molecule has 1 aromatic carbocycles. The number of anilines is 1. The molecule has 1 aliphatic carbocycles. The number of rotatable bonds is 5. The van der Waals surface area contributed by atoms with Crippen LogP contribution in [0.1, 0.15) is 51.5 Å². The monoisotopic (exact) mass is 372 g/mol. The minimum atomic E-state index is -1.04. The second kappa shape index (κ2) is 8.11. The van der Waals surface area contributed by atoms with Crippen LogP contribution in [-0.2, 0) is 20.8 Å². The lowest BCUT2D eigenvalue weighted by atomic mass is 9.77. The summed E-state index contributed by atoms with van der Waals surface area (Å²) in [6.45, 7) is 3.76. The van der Waals surface area contributed by atoms with Crippen molar-refractivity contribution in [1.29, 1.82) is 0 Å². The fraction of sp³-hybridized carbons (Fsp3) is 0.571. The number of carbonyl (C=O) groups is 3. The average Bonchev–Trinajstić information content (AvgIpc) is 3.00. The Morgan fingerprint density at radius 3 is 2.52 bits per heavy atom. The highest BCUT2D eigenvalue weighted by Gasteiger charge is 2.42. The molecule has 2 aliphatic rings. The van der Waals surface area contributed by atoms with Gasteiger partial charge in [-0.3, -0.25) is 9.59 Å². The number of carboxylic acid groups (broad SMARTS) is 1. The average molecular weight is 372 g/mol. The number of fused-ring (bicyclic) bond motifs is 1. The van der Waals surface area contributed by atoms with Crippen LogP contribution in [0.15, 0.2) is 24.3 Å². The molecule has 27 heavy (non-hydrogen) atoms. The molecule has 4 atom stereocenters. The van der Waals surface area contributed by atoms with Gasteiger partial charge in [-0.1, -0.05) is 38.0 Å². The maximum absolute atomic E-state index is 13.4. The second-order valence-electron chi connectivity index (χ2n) is 7.70. The van der Waals surface area contributed by atoms with Crippen molar-refractivity contribution in [1.82, 2.24) is 5.32 Å². The zero-order valence-electron chi connectivity index (χ0n) is 16.0. The zero-order chi connectivity index (χ0) is 19.6. The molecule has 2 N–H and O–H groups in total. The Kier molecular flexibility index (Phi) is 5.82. The van der Waals surface area contributed by atoms with Crippen LogP contribution in [0.5, 0.6) is 0 Å². The van der Waals surface area contributed by atoms with E-state index in [9.17, 15) is 19.5 Å². The van der Waals surface area contributed by atoms with Crippen molar-refractivity contribution in [3.8, 4) is 0 Å². The number of carboxylic acids is 1. The fourth-order valence-electron chi connectivity index (χ4n) is 4.44. The Bertz CT molecular complexity index is 733. The second-order valence-corrected chi connectivity index (χ2v) is 7.70. The Hall–Kier alpha value is -2.37. The standard InChI is InChI=1S/C21H28N2O4/c1-3-17(21(26)27)22-19(24)15-9-5-6-10-16(15)20(25)23-13(2)12-14-8-4-7-11-18(14)23/h4,7-8,11,13,15-17H,3,5-6,9-10,12H2,1-2H3,(H,22,24)(H,26,27). The Labute approximate surface area is 159 Å². The quantitative estimate of drug-likeness (QED) is 0.832.